The fourth-order valence-corrected chi connectivity index (χ4v) is 2.15. The summed E-state index contributed by atoms with van der Waals surface area (Å²) in [6, 6.07) is 13.1. The first kappa shape index (κ1) is 12.9. The van der Waals surface area contributed by atoms with Gasteiger partial charge in [0.05, 0.1) is 10.6 Å². The van der Waals surface area contributed by atoms with Crippen LogP contribution >= 0.6 is 23.8 Å². The minimum atomic E-state index is 0.226. The van der Waals surface area contributed by atoms with Crippen molar-refractivity contribution >= 4 is 28.8 Å². The molecule has 2 rings (SSSR count). The standard InChI is InChI=1S/C14H12ClNOS/c1-9-5-2-3-7-11(9)17-12-8-4-6-10(15)13(12)14(16)18/h2-8H,1H3,(H2,16,18). The second-order valence-corrected chi connectivity index (χ2v) is 4.69. The average Bonchev–Trinajstić information content (AvgIpc) is 2.31. The van der Waals surface area contributed by atoms with Gasteiger partial charge in [-0.25, -0.2) is 0 Å². The maximum absolute atomic E-state index is 6.08. The number of aryl methyl sites for hydroxylation is 1. The molecule has 0 aromatic heterocycles. The fourth-order valence-electron chi connectivity index (χ4n) is 1.62. The molecule has 0 aliphatic heterocycles. The average molecular weight is 278 g/mol. The summed E-state index contributed by atoms with van der Waals surface area (Å²) in [5.74, 6) is 1.33. The number of nitrogens with two attached hydrogens (primary N) is 1. The number of para-hydroxylation sites is 1. The van der Waals surface area contributed by atoms with E-state index in [1.807, 2.05) is 31.2 Å². The minimum Gasteiger partial charge on any atom is -0.456 e. The van der Waals surface area contributed by atoms with E-state index in [-0.39, 0.29) is 4.99 Å². The molecule has 92 valence electrons. The van der Waals surface area contributed by atoms with Crippen molar-refractivity contribution in [2.75, 3.05) is 0 Å². The third-order valence-corrected chi connectivity index (χ3v) is 3.05. The third kappa shape index (κ3) is 2.63. The van der Waals surface area contributed by atoms with Crippen molar-refractivity contribution in [3.8, 4) is 11.5 Å². The summed E-state index contributed by atoms with van der Waals surface area (Å²) in [7, 11) is 0. The molecule has 2 aromatic rings. The number of thiocarbonyl (C=S) groups is 1. The Balaban J connectivity index is 2.44. The Kier molecular flexibility index (Phi) is 3.84. The Bertz CT molecular complexity index is 598. The zero-order chi connectivity index (χ0) is 13.1. The van der Waals surface area contributed by atoms with E-state index in [2.05, 4.69) is 0 Å². The Labute approximate surface area is 116 Å². The van der Waals surface area contributed by atoms with Crippen molar-refractivity contribution in [2.24, 2.45) is 5.73 Å². The molecule has 0 radical (unpaired) electrons. The predicted molar refractivity (Wildman–Crippen MR) is 78.6 cm³/mol. The zero-order valence-electron chi connectivity index (χ0n) is 9.81. The van der Waals surface area contributed by atoms with Gasteiger partial charge in [0, 0.05) is 0 Å². The van der Waals surface area contributed by atoms with Gasteiger partial charge in [0.15, 0.2) is 0 Å². The minimum absolute atomic E-state index is 0.226. The van der Waals surface area contributed by atoms with Gasteiger partial charge < -0.3 is 10.5 Å². The molecule has 0 spiro atoms. The van der Waals surface area contributed by atoms with E-state index in [9.17, 15) is 0 Å². The van der Waals surface area contributed by atoms with Gasteiger partial charge in [-0.05, 0) is 30.7 Å². The van der Waals surface area contributed by atoms with Crippen LogP contribution in [0, 0.1) is 6.92 Å². The van der Waals surface area contributed by atoms with Crippen LogP contribution in [-0.2, 0) is 0 Å². The van der Waals surface area contributed by atoms with E-state index in [0.29, 0.717) is 16.3 Å². The van der Waals surface area contributed by atoms with E-state index in [0.717, 1.165) is 11.3 Å². The lowest BCUT2D eigenvalue weighted by Gasteiger charge is -2.13. The molecule has 18 heavy (non-hydrogen) atoms. The number of ether oxygens (including phenoxy) is 1. The highest BCUT2D eigenvalue weighted by Gasteiger charge is 2.12. The van der Waals surface area contributed by atoms with Gasteiger partial charge in [-0.3, -0.25) is 0 Å². The molecule has 0 fully saturated rings. The summed E-state index contributed by atoms with van der Waals surface area (Å²) in [6.45, 7) is 1.97. The molecule has 0 amide bonds. The van der Waals surface area contributed by atoms with Crippen LogP contribution in [0.25, 0.3) is 0 Å². The number of hydrogen-bond donors (Lipinski definition) is 1. The molecule has 0 saturated heterocycles. The molecular formula is C14H12ClNOS. The molecular weight excluding hydrogens is 266 g/mol. The summed E-state index contributed by atoms with van der Waals surface area (Å²) >= 11 is 11.1. The molecule has 4 heteroatoms. The largest absolute Gasteiger partial charge is 0.456 e. The van der Waals surface area contributed by atoms with E-state index < -0.39 is 0 Å². The van der Waals surface area contributed by atoms with Crippen LogP contribution in [0.2, 0.25) is 5.02 Å². The third-order valence-electron chi connectivity index (χ3n) is 2.54. The lowest BCUT2D eigenvalue weighted by Crippen LogP contribution is -2.11. The highest BCUT2D eigenvalue weighted by atomic mass is 35.5. The lowest BCUT2D eigenvalue weighted by atomic mass is 10.2. The van der Waals surface area contributed by atoms with Crippen LogP contribution < -0.4 is 10.5 Å². The normalized spacial score (nSPS) is 10.1. The summed E-state index contributed by atoms with van der Waals surface area (Å²) < 4.78 is 5.83. The smallest absolute Gasteiger partial charge is 0.139 e. The van der Waals surface area contributed by atoms with E-state index >= 15 is 0 Å². The maximum Gasteiger partial charge on any atom is 0.139 e. The number of benzene rings is 2. The summed E-state index contributed by atoms with van der Waals surface area (Å²) in [4.78, 5) is 0.226. The first-order chi connectivity index (χ1) is 8.59. The predicted octanol–water partition coefficient (Wildman–Crippen LogP) is 4.07. The monoisotopic (exact) mass is 277 g/mol. The van der Waals surface area contributed by atoms with Gasteiger partial charge in [0.2, 0.25) is 0 Å². The van der Waals surface area contributed by atoms with Gasteiger partial charge >= 0.3 is 0 Å². The van der Waals surface area contributed by atoms with Crippen molar-refractivity contribution in [2.45, 2.75) is 6.92 Å². The van der Waals surface area contributed by atoms with Crippen LogP contribution in [0.3, 0.4) is 0 Å². The van der Waals surface area contributed by atoms with Crippen LogP contribution in [0.1, 0.15) is 11.1 Å². The maximum atomic E-state index is 6.08. The van der Waals surface area contributed by atoms with Gasteiger partial charge in [-0.1, -0.05) is 48.1 Å². The topological polar surface area (TPSA) is 35.2 Å². The van der Waals surface area contributed by atoms with E-state index in [4.69, 9.17) is 34.3 Å². The fraction of sp³-hybridized carbons (Fsp3) is 0.0714. The van der Waals surface area contributed by atoms with Gasteiger partial charge in [0.1, 0.15) is 16.5 Å². The van der Waals surface area contributed by atoms with Crippen molar-refractivity contribution in [3.05, 3.63) is 58.6 Å². The molecule has 0 aliphatic rings. The number of rotatable bonds is 3. The Morgan fingerprint density at radius 1 is 1.11 bits per heavy atom. The van der Waals surface area contributed by atoms with Crippen molar-refractivity contribution in [1.82, 2.24) is 0 Å². The molecule has 0 bridgehead atoms. The van der Waals surface area contributed by atoms with E-state index in [1.165, 1.54) is 0 Å². The quantitative estimate of drug-likeness (QED) is 0.859. The molecule has 0 heterocycles. The van der Waals surface area contributed by atoms with Crippen LogP contribution in [0.4, 0.5) is 0 Å². The van der Waals surface area contributed by atoms with Gasteiger partial charge in [-0.2, -0.15) is 0 Å². The summed E-state index contributed by atoms with van der Waals surface area (Å²) in [5, 5.41) is 0.494. The SMILES string of the molecule is Cc1ccccc1Oc1cccc(Cl)c1C(N)=S. The number of hydrogen-bond acceptors (Lipinski definition) is 2. The van der Waals surface area contributed by atoms with Crippen molar-refractivity contribution in [3.63, 3.8) is 0 Å². The second kappa shape index (κ2) is 5.38. The molecule has 0 saturated carbocycles. The highest BCUT2D eigenvalue weighted by Crippen LogP contribution is 2.31. The molecule has 2 N–H and O–H groups in total. The second-order valence-electron chi connectivity index (χ2n) is 3.84. The van der Waals surface area contributed by atoms with Gasteiger partial charge in [-0.15, -0.1) is 0 Å². The van der Waals surface area contributed by atoms with Crippen LogP contribution in [-0.4, -0.2) is 4.99 Å². The molecule has 2 nitrogen and oxygen atoms in total. The van der Waals surface area contributed by atoms with Crippen molar-refractivity contribution in [1.29, 1.82) is 0 Å². The number of halogens is 1. The van der Waals surface area contributed by atoms with Crippen LogP contribution in [0.15, 0.2) is 42.5 Å². The first-order valence-electron chi connectivity index (χ1n) is 5.41. The summed E-state index contributed by atoms with van der Waals surface area (Å²) in [6.07, 6.45) is 0. The molecule has 0 unspecified atom stereocenters. The van der Waals surface area contributed by atoms with Crippen molar-refractivity contribution < 1.29 is 4.74 Å². The molecule has 2 aromatic carbocycles. The first-order valence-corrected chi connectivity index (χ1v) is 6.20. The molecule has 0 aliphatic carbocycles. The zero-order valence-corrected chi connectivity index (χ0v) is 11.4. The Morgan fingerprint density at radius 3 is 2.44 bits per heavy atom. The lowest BCUT2D eigenvalue weighted by molar-refractivity contribution is 0.478. The highest BCUT2D eigenvalue weighted by molar-refractivity contribution is 7.80. The Hall–Kier alpha value is -1.58. The van der Waals surface area contributed by atoms with Gasteiger partial charge in [0.25, 0.3) is 0 Å². The Morgan fingerprint density at radius 2 is 1.78 bits per heavy atom. The van der Waals surface area contributed by atoms with Crippen LogP contribution in [0.5, 0.6) is 11.5 Å². The molecule has 0 atom stereocenters. The van der Waals surface area contributed by atoms with E-state index in [1.54, 1.807) is 18.2 Å². The summed E-state index contributed by atoms with van der Waals surface area (Å²) in [5.41, 5.74) is 7.27.